The number of aromatic nitrogens is 3. The summed E-state index contributed by atoms with van der Waals surface area (Å²) in [5.41, 5.74) is 0.146. The van der Waals surface area contributed by atoms with Gasteiger partial charge in [-0.1, -0.05) is 27.7 Å². The average Bonchev–Trinajstić information content (AvgIpc) is 2.35. The second-order valence-electron chi connectivity index (χ2n) is 5.13. The maximum Gasteiger partial charge on any atom is 0.324 e. The maximum atomic E-state index is 4.99. The van der Waals surface area contributed by atoms with Crippen LogP contribution in [0.2, 0.25) is 0 Å². The molecule has 0 aliphatic carbocycles. The first-order valence-corrected chi connectivity index (χ1v) is 5.97. The van der Waals surface area contributed by atoms with Gasteiger partial charge in [-0.3, -0.25) is 0 Å². The van der Waals surface area contributed by atoms with Gasteiger partial charge in [0.25, 0.3) is 0 Å². The van der Waals surface area contributed by atoms with Crippen LogP contribution in [0.15, 0.2) is 0 Å². The van der Waals surface area contributed by atoms with Crippen molar-refractivity contribution in [3.05, 3.63) is 0 Å². The van der Waals surface area contributed by atoms with Gasteiger partial charge in [-0.15, -0.1) is 4.98 Å². The second-order valence-corrected chi connectivity index (χ2v) is 5.13. The maximum absolute atomic E-state index is 4.99. The van der Waals surface area contributed by atoms with E-state index in [2.05, 4.69) is 48.0 Å². The van der Waals surface area contributed by atoms with E-state index in [1.807, 2.05) is 0 Å². The lowest BCUT2D eigenvalue weighted by molar-refractivity contribution is 0.268. The Morgan fingerprint density at radius 3 is 1.94 bits per heavy atom. The first kappa shape index (κ1) is 14.5. The van der Waals surface area contributed by atoms with Gasteiger partial charge in [0.05, 0.1) is 14.2 Å². The van der Waals surface area contributed by atoms with Gasteiger partial charge in [0.15, 0.2) is 0 Å². The number of anilines is 1. The van der Waals surface area contributed by atoms with Gasteiger partial charge in [-0.2, -0.15) is 9.97 Å². The number of nitrogens with zero attached hydrogens (tertiary/aromatic N) is 3. The molecule has 102 valence electrons. The van der Waals surface area contributed by atoms with Crippen LogP contribution >= 0.6 is 0 Å². The van der Waals surface area contributed by atoms with Crippen LogP contribution < -0.4 is 14.8 Å². The van der Waals surface area contributed by atoms with Gasteiger partial charge in [0, 0.05) is 6.54 Å². The molecular formula is C12H22N4O2. The van der Waals surface area contributed by atoms with E-state index < -0.39 is 0 Å². The van der Waals surface area contributed by atoms with Gasteiger partial charge < -0.3 is 14.8 Å². The molecule has 0 bridgehead atoms. The largest absolute Gasteiger partial charge is 0.467 e. The highest BCUT2D eigenvalue weighted by molar-refractivity contribution is 5.27. The van der Waals surface area contributed by atoms with Crippen molar-refractivity contribution in [3.63, 3.8) is 0 Å². The minimum atomic E-state index is 0.146. The molecule has 0 aromatic carbocycles. The minimum absolute atomic E-state index is 0.146. The number of hydrogen-bond donors (Lipinski definition) is 1. The van der Waals surface area contributed by atoms with Crippen LogP contribution in [0.3, 0.4) is 0 Å². The van der Waals surface area contributed by atoms with E-state index in [4.69, 9.17) is 9.47 Å². The normalized spacial score (nSPS) is 11.5. The third-order valence-electron chi connectivity index (χ3n) is 3.22. The van der Waals surface area contributed by atoms with Crippen LogP contribution in [0.25, 0.3) is 0 Å². The Morgan fingerprint density at radius 1 is 1.06 bits per heavy atom. The fourth-order valence-electron chi connectivity index (χ4n) is 1.11. The van der Waals surface area contributed by atoms with Crippen molar-refractivity contribution in [3.8, 4) is 12.0 Å². The van der Waals surface area contributed by atoms with Gasteiger partial charge in [-0.05, 0) is 11.3 Å². The van der Waals surface area contributed by atoms with Crippen LogP contribution in [0.5, 0.6) is 12.0 Å². The van der Waals surface area contributed by atoms with Crippen molar-refractivity contribution in [1.29, 1.82) is 0 Å². The summed E-state index contributed by atoms with van der Waals surface area (Å²) in [6.45, 7) is 9.54. The molecule has 6 heteroatoms. The lowest BCUT2D eigenvalue weighted by atomic mass is 9.81. The summed E-state index contributed by atoms with van der Waals surface area (Å²) in [6.07, 6.45) is 0. The van der Waals surface area contributed by atoms with Crippen LogP contribution in [0.1, 0.15) is 27.7 Å². The molecule has 18 heavy (non-hydrogen) atoms. The zero-order valence-electron chi connectivity index (χ0n) is 11.9. The monoisotopic (exact) mass is 254 g/mol. The topological polar surface area (TPSA) is 69.2 Å². The van der Waals surface area contributed by atoms with Crippen LogP contribution in [-0.4, -0.2) is 35.7 Å². The summed E-state index contributed by atoms with van der Waals surface area (Å²) in [7, 11) is 3.02. The van der Waals surface area contributed by atoms with Gasteiger partial charge >= 0.3 is 12.0 Å². The summed E-state index contributed by atoms with van der Waals surface area (Å²) in [5.74, 6) is 1.02. The Kier molecular flexibility index (Phi) is 4.69. The number of rotatable bonds is 6. The van der Waals surface area contributed by atoms with Crippen LogP contribution in [-0.2, 0) is 0 Å². The second kappa shape index (κ2) is 5.84. The Morgan fingerprint density at radius 2 is 1.56 bits per heavy atom. The molecule has 0 aliphatic heterocycles. The minimum Gasteiger partial charge on any atom is -0.467 e. The lowest BCUT2D eigenvalue weighted by Gasteiger charge is -2.29. The molecule has 0 amide bonds. The van der Waals surface area contributed by atoms with Gasteiger partial charge in [-0.25, -0.2) is 0 Å². The van der Waals surface area contributed by atoms with E-state index in [0.29, 0.717) is 11.9 Å². The highest BCUT2D eigenvalue weighted by Crippen LogP contribution is 2.26. The zero-order valence-corrected chi connectivity index (χ0v) is 11.9. The molecule has 1 rings (SSSR count). The molecule has 0 fully saturated rings. The third kappa shape index (κ3) is 3.72. The summed E-state index contributed by atoms with van der Waals surface area (Å²) in [4.78, 5) is 12.2. The van der Waals surface area contributed by atoms with E-state index in [9.17, 15) is 0 Å². The van der Waals surface area contributed by atoms with Crippen molar-refractivity contribution >= 4 is 5.95 Å². The number of methoxy groups -OCH3 is 2. The van der Waals surface area contributed by atoms with Crippen molar-refractivity contribution < 1.29 is 9.47 Å². The summed E-state index contributed by atoms with van der Waals surface area (Å²) in [5, 5.41) is 3.19. The van der Waals surface area contributed by atoms with E-state index >= 15 is 0 Å². The number of ether oxygens (including phenoxy) is 2. The summed E-state index contributed by atoms with van der Waals surface area (Å²) >= 11 is 0. The molecule has 1 heterocycles. The number of hydrogen-bond acceptors (Lipinski definition) is 6. The number of nitrogens with one attached hydrogen (secondary N) is 1. The Labute approximate surface area is 108 Å². The van der Waals surface area contributed by atoms with Crippen LogP contribution in [0, 0.1) is 11.3 Å². The fraction of sp³-hybridized carbons (Fsp3) is 0.750. The standard InChI is InChI=1S/C12H22N4O2/c1-8(2)12(3,4)7-13-9-14-10(17-5)16-11(15-9)18-6/h8H,7H2,1-6H3,(H,13,14,15,16). The quantitative estimate of drug-likeness (QED) is 0.837. The van der Waals surface area contributed by atoms with Crippen molar-refractivity contribution in [1.82, 2.24) is 15.0 Å². The zero-order chi connectivity index (χ0) is 13.8. The van der Waals surface area contributed by atoms with E-state index in [0.717, 1.165) is 6.54 Å². The first-order valence-electron chi connectivity index (χ1n) is 5.97. The first-order chi connectivity index (χ1) is 8.39. The molecule has 0 saturated heterocycles. The Balaban J connectivity index is 2.78. The predicted molar refractivity (Wildman–Crippen MR) is 70.0 cm³/mol. The molecule has 1 N–H and O–H groups in total. The van der Waals surface area contributed by atoms with Crippen molar-refractivity contribution in [2.24, 2.45) is 11.3 Å². The molecule has 1 aromatic heterocycles. The highest BCUT2D eigenvalue weighted by Gasteiger charge is 2.22. The predicted octanol–water partition coefficient (Wildman–Crippen LogP) is 1.98. The highest BCUT2D eigenvalue weighted by atomic mass is 16.5. The molecular weight excluding hydrogens is 232 g/mol. The average molecular weight is 254 g/mol. The fourth-order valence-corrected chi connectivity index (χ4v) is 1.11. The molecule has 0 saturated carbocycles. The molecule has 0 aliphatic rings. The van der Waals surface area contributed by atoms with Gasteiger partial charge in [0.2, 0.25) is 5.95 Å². The van der Waals surface area contributed by atoms with Crippen molar-refractivity contribution in [2.45, 2.75) is 27.7 Å². The van der Waals surface area contributed by atoms with Gasteiger partial charge in [0.1, 0.15) is 0 Å². The molecule has 1 aromatic rings. The third-order valence-corrected chi connectivity index (χ3v) is 3.22. The Hall–Kier alpha value is -1.59. The smallest absolute Gasteiger partial charge is 0.324 e. The van der Waals surface area contributed by atoms with E-state index in [1.165, 1.54) is 14.2 Å². The van der Waals surface area contributed by atoms with E-state index in [-0.39, 0.29) is 17.4 Å². The SMILES string of the molecule is COc1nc(NCC(C)(C)C(C)C)nc(OC)n1. The molecule has 0 unspecified atom stereocenters. The van der Waals surface area contributed by atoms with Crippen LogP contribution in [0.4, 0.5) is 5.95 Å². The molecule has 0 radical (unpaired) electrons. The summed E-state index contributed by atoms with van der Waals surface area (Å²) < 4.78 is 9.99. The lowest BCUT2D eigenvalue weighted by Crippen LogP contribution is -2.29. The summed E-state index contributed by atoms with van der Waals surface area (Å²) in [6, 6.07) is 0.485. The van der Waals surface area contributed by atoms with E-state index in [1.54, 1.807) is 0 Å². The molecule has 0 atom stereocenters. The van der Waals surface area contributed by atoms with Crippen molar-refractivity contribution in [2.75, 3.05) is 26.1 Å². The molecule has 0 spiro atoms. The molecule has 6 nitrogen and oxygen atoms in total. The Bertz CT molecular complexity index is 371.